The van der Waals surface area contributed by atoms with Crippen molar-refractivity contribution < 1.29 is 17.9 Å². The van der Waals surface area contributed by atoms with E-state index in [9.17, 15) is 13.2 Å². The molecule has 2 aromatic rings. The molecule has 0 aromatic heterocycles. The Kier molecular flexibility index (Phi) is 3.48. The van der Waals surface area contributed by atoms with Gasteiger partial charge < -0.3 is 4.74 Å². The average Bonchev–Trinajstić information content (AvgIpc) is 2.27. The van der Waals surface area contributed by atoms with Gasteiger partial charge in [0.25, 0.3) is 0 Å². The standard InChI is InChI=1S/C13H7ClF3O/c14-12-7-2-1-6-11(12)9-4-3-5-10(8-9)18-13(15,16)17/h1-4,6-8H. The van der Waals surface area contributed by atoms with Crippen molar-refractivity contribution in [1.82, 2.24) is 0 Å². The second-order valence-electron chi connectivity index (χ2n) is 3.47. The van der Waals surface area contributed by atoms with Gasteiger partial charge >= 0.3 is 6.36 Å². The normalized spacial score (nSPS) is 11.3. The first-order chi connectivity index (χ1) is 8.46. The van der Waals surface area contributed by atoms with Crippen molar-refractivity contribution >= 4 is 11.6 Å². The quantitative estimate of drug-likeness (QED) is 0.769. The summed E-state index contributed by atoms with van der Waals surface area (Å²) in [6.45, 7) is 0. The van der Waals surface area contributed by atoms with Gasteiger partial charge in [0.2, 0.25) is 0 Å². The van der Waals surface area contributed by atoms with E-state index in [1.165, 1.54) is 12.1 Å². The van der Waals surface area contributed by atoms with E-state index in [-0.39, 0.29) is 5.75 Å². The molecule has 0 N–H and O–H groups in total. The fourth-order valence-corrected chi connectivity index (χ4v) is 1.74. The number of hydrogen-bond acceptors (Lipinski definition) is 1. The third-order valence-corrected chi connectivity index (χ3v) is 2.52. The molecule has 1 radical (unpaired) electrons. The van der Waals surface area contributed by atoms with Crippen LogP contribution in [0, 0.1) is 6.07 Å². The topological polar surface area (TPSA) is 9.23 Å². The summed E-state index contributed by atoms with van der Waals surface area (Å²) in [6.07, 6.45) is -4.73. The lowest BCUT2D eigenvalue weighted by molar-refractivity contribution is -0.274. The molecule has 0 fully saturated rings. The molecular weight excluding hydrogens is 265 g/mol. The Hall–Kier alpha value is -1.68. The van der Waals surface area contributed by atoms with Gasteiger partial charge in [-0.25, -0.2) is 0 Å². The highest BCUT2D eigenvalue weighted by atomic mass is 35.5. The van der Waals surface area contributed by atoms with Crippen LogP contribution in [0.5, 0.6) is 5.75 Å². The van der Waals surface area contributed by atoms with Crippen LogP contribution in [0.15, 0.2) is 42.5 Å². The van der Waals surface area contributed by atoms with Crippen LogP contribution in [0.4, 0.5) is 13.2 Å². The molecule has 0 aliphatic carbocycles. The number of halogens is 4. The molecule has 1 nitrogen and oxygen atoms in total. The summed E-state index contributed by atoms with van der Waals surface area (Å²) < 4.78 is 40.1. The number of hydrogen-bond donors (Lipinski definition) is 0. The first kappa shape index (κ1) is 12.8. The van der Waals surface area contributed by atoms with Gasteiger partial charge in [0.15, 0.2) is 0 Å². The Morgan fingerprint density at radius 1 is 1.11 bits per heavy atom. The fourth-order valence-electron chi connectivity index (χ4n) is 1.49. The fraction of sp³-hybridized carbons (Fsp3) is 0.0769. The summed E-state index contributed by atoms with van der Waals surface area (Å²) in [5, 5.41) is 0.460. The predicted octanol–water partition coefficient (Wildman–Crippen LogP) is 4.71. The van der Waals surface area contributed by atoms with E-state index in [1.807, 2.05) is 0 Å². The summed E-state index contributed by atoms with van der Waals surface area (Å²) in [6, 6.07) is 13.5. The molecule has 0 unspecified atom stereocenters. The maximum Gasteiger partial charge on any atom is 0.573 e. The number of alkyl halides is 3. The van der Waals surface area contributed by atoms with Crippen LogP contribution in [-0.4, -0.2) is 6.36 Å². The van der Waals surface area contributed by atoms with E-state index >= 15 is 0 Å². The van der Waals surface area contributed by atoms with Crippen LogP contribution in [0.25, 0.3) is 11.1 Å². The molecule has 0 saturated carbocycles. The average molecular weight is 272 g/mol. The molecule has 2 aromatic carbocycles. The van der Waals surface area contributed by atoms with E-state index in [2.05, 4.69) is 10.8 Å². The van der Waals surface area contributed by atoms with Crippen LogP contribution in [0.1, 0.15) is 0 Å². The van der Waals surface area contributed by atoms with Gasteiger partial charge in [-0.2, -0.15) is 0 Å². The highest BCUT2D eigenvalue weighted by Gasteiger charge is 2.31. The van der Waals surface area contributed by atoms with Gasteiger partial charge in [-0.1, -0.05) is 35.9 Å². The number of rotatable bonds is 2. The van der Waals surface area contributed by atoms with Crippen molar-refractivity contribution in [3.63, 3.8) is 0 Å². The number of benzene rings is 2. The Balaban J connectivity index is 2.36. The summed E-state index contributed by atoms with van der Waals surface area (Å²) in [5.41, 5.74) is 1.18. The first-order valence-corrected chi connectivity index (χ1v) is 5.36. The smallest absolute Gasteiger partial charge is 0.405 e. The summed E-state index contributed by atoms with van der Waals surface area (Å²) in [7, 11) is 0. The Morgan fingerprint density at radius 3 is 2.50 bits per heavy atom. The molecule has 5 heteroatoms. The van der Waals surface area contributed by atoms with Crippen molar-refractivity contribution in [2.45, 2.75) is 6.36 Å². The highest BCUT2D eigenvalue weighted by Crippen LogP contribution is 2.31. The molecule has 93 valence electrons. The first-order valence-electron chi connectivity index (χ1n) is 4.98. The molecular formula is C13H7ClF3O. The summed E-state index contributed by atoms with van der Waals surface area (Å²) >= 11 is 5.97. The second-order valence-corrected chi connectivity index (χ2v) is 3.88. The minimum Gasteiger partial charge on any atom is -0.405 e. The highest BCUT2D eigenvalue weighted by molar-refractivity contribution is 6.33. The zero-order valence-corrected chi connectivity index (χ0v) is 9.72. The largest absolute Gasteiger partial charge is 0.573 e. The Labute approximate surface area is 107 Å². The zero-order valence-electron chi connectivity index (χ0n) is 8.96. The zero-order chi connectivity index (χ0) is 13.2. The van der Waals surface area contributed by atoms with Crippen LogP contribution < -0.4 is 4.74 Å². The van der Waals surface area contributed by atoms with E-state index in [0.29, 0.717) is 16.1 Å². The SMILES string of the molecule is FC(F)(F)Oc1[c]ccc(-c2ccccc2Cl)c1. The van der Waals surface area contributed by atoms with Gasteiger partial charge in [0.05, 0.1) is 0 Å². The predicted molar refractivity (Wildman–Crippen MR) is 62.4 cm³/mol. The van der Waals surface area contributed by atoms with Crippen molar-refractivity contribution in [1.29, 1.82) is 0 Å². The van der Waals surface area contributed by atoms with Crippen molar-refractivity contribution in [2.24, 2.45) is 0 Å². The minimum absolute atomic E-state index is 0.389. The van der Waals surface area contributed by atoms with E-state index in [4.69, 9.17) is 11.6 Å². The molecule has 0 heterocycles. The minimum atomic E-state index is -4.73. The molecule has 18 heavy (non-hydrogen) atoms. The number of ether oxygens (including phenoxy) is 1. The van der Waals surface area contributed by atoms with Gasteiger partial charge in [-0.15, -0.1) is 13.2 Å². The third kappa shape index (κ3) is 3.17. The molecule has 0 bridgehead atoms. The third-order valence-electron chi connectivity index (χ3n) is 2.19. The van der Waals surface area contributed by atoms with E-state index in [1.54, 1.807) is 30.3 Å². The van der Waals surface area contributed by atoms with Crippen LogP contribution in [0.2, 0.25) is 5.02 Å². The second kappa shape index (κ2) is 4.90. The molecule has 0 spiro atoms. The van der Waals surface area contributed by atoms with Crippen molar-refractivity contribution in [3.8, 4) is 16.9 Å². The van der Waals surface area contributed by atoms with Crippen molar-refractivity contribution in [3.05, 3.63) is 53.6 Å². The maximum atomic E-state index is 12.1. The van der Waals surface area contributed by atoms with Gasteiger partial charge in [0.1, 0.15) is 5.75 Å². The summed E-state index contributed by atoms with van der Waals surface area (Å²) in [4.78, 5) is 0. The molecule has 0 aliphatic rings. The van der Waals surface area contributed by atoms with Gasteiger partial charge in [-0.3, -0.25) is 0 Å². The maximum absolute atomic E-state index is 12.1. The van der Waals surface area contributed by atoms with E-state index in [0.717, 1.165) is 0 Å². The molecule has 0 atom stereocenters. The summed E-state index contributed by atoms with van der Waals surface area (Å²) in [5.74, 6) is -0.389. The van der Waals surface area contributed by atoms with Gasteiger partial charge in [0, 0.05) is 16.7 Å². The molecule has 2 rings (SSSR count). The Morgan fingerprint density at radius 2 is 1.83 bits per heavy atom. The molecule has 0 saturated heterocycles. The van der Waals surface area contributed by atoms with Crippen LogP contribution in [-0.2, 0) is 0 Å². The lowest BCUT2D eigenvalue weighted by Crippen LogP contribution is -2.17. The van der Waals surface area contributed by atoms with E-state index < -0.39 is 6.36 Å². The van der Waals surface area contributed by atoms with Gasteiger partial charge in [-0.05, 0) is 23.8 Å². The molecule has 0 amide bonds. The monoisotopic (exact) mass is 271 g/mol. The Bertz CT molecular complexity index is 552. The lowest BCUT2D eigenvalue weighted by atomic mass is 10.1. The lowest BCUT2D eigenvalue weighted by Gasteiger charge is -2.10. The van der Waals surface area contributed by atoms with Crippen LogP contribution in [0.3, 0.4) is 0 Å². The molecule has 0 aliphatic heterocycles. The van der Waals surface area contributed by atoms with Crippen molar-refractivity contribution in [2.75, 3.05) is 0 Å². The van der Waals surface area contributed by atoms with Crippen LogP contribution >= 0.6 is 11.6 Å².